The predicted molar refractivity (Wildman–Crippen MR) is 104 cm³/mol. The van der Waals surface area contributed by atoms with E-state index in [-0.39, 0.29) is 16.1 Å². The number of rotatable bonds is 4. The number of amides is 1. The zero-order valence-electron chi connectivity index (χ0n) is 17.6. The second kappa shape index (κ2) is 7.68. The topological polar surface area (TPSA) is 81.9 Å². The molecule has 1 rings (SSSR count). The average Bonchev–Trinajstić information content (AvgIpc) is 2.77. The largest absolute Gasteiger partial charge is 0.443 e. The van der Waals surface area contributed by atoms with Crippen LogP contribution in [0.1, 0.15) is 54.9 Å². The van der Waals surface area contributed by atoms with Gasteiger partial charge in [-0.2, -0.15) is 0 Å². The number of hydrogen-bond acceptors (Lipinski definition) is 5. The summed E-state index contributed by atoms with van der Waals surface area (Å²) >= 11 is 0. The molecule has 0 aliphatic carbocycles. The molecule has 1 unspecified atom stereocenters. The molecule has 7 nitrogen and oxygen atoms in total. The highest BCUT2D eigenvalue weighted by molar-refractivity contribution is 6.74. The molecule has 1 fully saturated rings. The highest BCUT2D eigenvalue weighted by Gasteiger charge is 2.43. The first-order valence-electron chi connectivity index (χ1n) is 9.06. The van der Waals surface area contributed by atoms with Crippen LogP contribution < -0.4 is 0 Å². The molecule has 0 aromatic heterocycles. The van der Waals surface area contributed by atoms with E-state index in [0.717, 1.165) is 0 Å². The molecule has 1 aliphatic rings. The van der Waals surface area contributed by atoms with Crippen molar-refractivity contribution in [3.8, 4) is 0 Å². The fourth-order valence-corrected chi connectivity index (χ4v) is 3.75. The van der Waals surface area contributed by atoms with E-state index in [1.54, 1.807) is 20.8 Å². The Bertz CT molecular complexity index is 575. The summed E-state index contributed by atoms with van der Waals surface area (Å²) in [4.78, 5) is 24.7. The van der Waals surface area contributed by atoms with E-state index in [0.29, 0.717) is 18.7 Å². The van der Waals surface area contributed by atoms with E-state index in [2.05, 4.69) is 33.9 Å². The SMILES string of the molecule is CC(C=C1C[C@@H](O[Si](C)(C)C(C)(C)C)CN1C(=O)OC(C)(C)C)[N+](=O)[O-]. The molecular formula is C18H34N2O5Si. The van der Waals surface area contributed by atoms with Crippen LogP contribution >= 0.6 is 0 Å². The van der Waals surface area contributed by atoms with Crippen LogP contribution in [0.3, 0.4) is 0 Å². The van der Waals surface area contributed by atoms with E-state index >= 15 is 0 Å². The van der Waals surface area contributed by atoms with Crippen molar-refractivity contribution in [2.75, 3.05) is 6.54 Å². The Morgan fingerprint density at radius 3 is 2.27 bits per heavy atom. The number of ether oxygens (including phenoxy) is 1. The summed E-state index contributed by atoms with van der Waals surface area (Å²) in [5, 5.41) is 11.1. The van der Waals surface area contributed by atoms with Crippen LogP contribution in [-0.4, -0.2) is 48.5 Å². The van der Waals surface area contributed by atoms with Crippen molar-refractivity contribution < 1.29 is 18.9 Å². The molecule has 8 heteroatoms. The molecule has 0 spiro atoms. The fourth-order valence-electron chi connectivity index (χ4n) is 2.41. The molecule has 0 aromatic rings. The van der Waals surface area contributed by atoms with Gasteiger partial charge in [0.1, 0.15) is 5.60 Å². The van der Waals surface area contributed by atoms with Gasteiger partial charge in [-0.15, -0.1) is 0 Å². The van der Waals surface area contributed by atoms with Crippen molar-refractivity contribution in [3.05, 3.63) is 21.9 Å². The molecule has 2 atom stereocenters. The number of nitro groups is 1. The summed E-state index contributed by atoms with van der Waals surface area (Å²) in [6.07, 6.45) is 1.34. The fraction of sp³-hybridized carbons (Fsp3) is 0.833. The Hall–Kier alpha value is -1.41. The summed E-state index contributed by atoms with van der Waals surface area (Å²) in [5.74, 6) is 0. The number of carbonyl (C=O) groups excluding carboxylic acids is 1. The van der Waals surface area contributed by atoms with Gasteiger partial charge in [-0.3, -0.25) is 15.0 Å². The second-order valence-corrected chi connectivity index (χ2v) is 14.2. The molecule has 150 valence electrons. The van der Waals surface area contributed by atoms with Crippen LogP contribution in [-0.2, 0) is 9.16 Å². The lowest BCUT2D eigenvalue weighted by Crippen LogP contribution is -2.45. The van der Waals surface area contributed by atoms with Gasteiger partial charge in [0.25, 0.3) is 0 Å². The summed E-state index contributed by atoms with van der Waals surface area (Å²) < 4.78 is 11.9. The van der Waals surface area contributed by atoms with Gasteiger partial charge in [-0.25, -0.2) is 4.79 Å². The smallest absolute Gasteiger partial charge is 0.414 e. The first-order valence-corrected chi connectivity index (χ1v) is 12.0. The van der Waals surface area contributed by atoms with Crippen molar-refractivity contribution >= 4 is 14.4 Å². The molecule has 1 amide bonds. The minimum Gasteiger partial charge on any atom is -0.443 e. The molecular weight excluding hydrogens is 352 g/mol. The third-order valence-corrected chi connectivity index (χ3v) is 9.35. The van der Waals surface area contributed by atoms with E-state index in [4.69, 9.17) is 9.16 Å². The third kappa shape index (κ3) is 6.09. The number of likely N-dealkylation sites (tertiary alicyclic amines) is 1. The first kappa shape index (κ1) is 22.6. The lowest BCUT2D eigenvalue weighted by molar-refractivity contribution is -0.505. The van der Waals surface area contributed by atoms with Crippen LogP contribution in [0.4, 0.5) is 4.79 Å². The molecule has 0 N–H and O–H groups in total. The minimum absolute atomic E-state index is 0.0460. The summed E-state index contributed by atoms with van der Waals surface area (Å²) in [6.45, 7) is 18.1. The zero-order valence-corrected chi connectivity index (χ0v) is 18.6. The van der Waals surface area contributed by atoms with Gasteiger partial charge < -0.3 is 9.16 Å². The second-order valence-electron chi connectivity index (χ2n) is 9.48. The highest BCUT2D eigenvalue weighted by atomic mass is 28.4. The van der Waals surface area contributed by atoms with Crippen molar-refractivity contribution in [2.24, 2.45) is 0 Å². The number of hydrogen-bond donors (Lipinski definition) is 0. The number of nitrogens with zero attached hydrogens (tertiary/aromatic N) is 2. The van der Waals surface area contributed by atoms with Crippen molar-refractivity contribution in [1.82, 2.24) is 4.90 Å². The maximum atomic E-state index is 12.6. The molecule has 26 heavy (non-hydrogen) atoms. The first-order chi connectivity index (χ1) is 11.5. The van der Waals surface area contributed by atoms with Gasteiger partial charge in [0.05, 0.1) is 12.6 Å². The van der Waals surface area contributed by atoms with Crippen LogP contribution in [0.2, 0.25) is 18.1 Å². The Morgan fingerprint density at radius 1 is 1.31 bits per heavy atom. The molecule has 0 aromatic carbocycles. The van der Waals surface area contributed by atoms with Gasteiger partial charge in [-0.05, 0) is 38.9 Å². The predicted octanol–water partition coefficient (Wildman–Crippen LogP) is 4.57. The van der Waals surface area contributed by atoms with E-state index < -0.39 is 26.1 Å². The number of carbonyl (C=O) groups is 1. The maximum absolute atomic E-state index is 12.6. The zero-order chi connectivity index (χ0) is 20.5. The molecule has 1 aliphatic heterocycles. The van der Waals surface area contributed by atoms with E-state index in [1.165, 1.54) is 17.9 Å². The molecule has 0 radical (unpaired) electrons. The Labute approximate surface area is 158 Å². The summed E-state index contributed by atoms with van der Waals surface area (Å²) in [7, 11) is -2.01. The Morgan fingerprint density at radius 2 is 1.85 bits per heavy atom. The van der Waals surface area contributed by atoms with Crippen molar-refractivity contribution in [1.29, 1.82) is 0 Å². The van der Waals surface area contributed by atoms with Gasteiger partial charge in [0.2, 0.25) is 6.04 Å². The molecule has 1 heterocycles. The van der Waals surface area contributed by atoms with Crippen molar-refractivity contribution in [3.63, 3.8) is 0 Å². The van der Waals surface area contributed by atoms with Gasteiger partial charge in [-0.1, -0.05) is 20.8 Å². The Balaban J connectivity index is 3.05. The van der Waals surface area contributed by atoms with Crippen LogP contribution in [0, 0.1) is 10.1 Å². The maximum Gasteiger partial charge on any atom is 0.414 e. The average molecular weight is 387 g/mol. The van der Waals surface area contributed by atoms with Crippen LogP contribution in [0.5, 0.6) is 0 Å². The highest BCUT2D eigenvalue weighted by Crippen LogP contribution is 2.39. The Kier molecular flexibility index (Phi) is 6.68. The van der Waals surface area contributed by atoms with Gasteiger partial charge in [0, 0.05) is 30.0 Å². The molecule has 0 bridgehead atoms. The monoisotopic (exact) mass is 386 g/mol. The lowest BCUT2D eigenvalue weighted by Gasteiger charge is -2.38. The van der Waals surface area contributed by atoms with E-state index in [9.17, 15) is 14.9 Å². The summed E-state index contributed by atoms with van der Waals surface area (Å²) in [6, 6.07) is -0.874. The normalized spacial score (nSPS) is 21.8. The third-order valence-electron chi connectivity index (χ3n) is 4.82. The minimum atomic E-state index is -2.01. The molecule has 0 saturated carbocycles. The van der Waals surface area contributed by atoms with Crippen molar-refractivity contribution in [2.45, 2.75) is 90.8 Å². The summed E-state index contributed by atoms with van der Waals surface area (Å²) in [5.41, 5.74) is -0.0258. The lowest BCUT2D eigenvalue weighted by atomic mass is 10.2. The van der Waals surface area contributed by atoms with Gasteiger partial charge in [0.15, 0.2) is 8.32 Å². The van der Waals surface area contributed by atoms with E-state index in [1.807, 2.05) is 0 Å². The standard InChI is InChI=1S/C18H34N2O5Si/c1-13(20(22)23)10-14-11-15(25-26(8,9)18(5,6)7)12-19(14)16(21)24-17(2,3)4/h10,13,15H,11-12H2,1-9H3/t13?,15-/m1/s1. The molecule has 1 saturated heterocycles. The van der Waals surface area contributed by atoms with Crippen LogP contribution in [0.25, 0.3) is 0 Å². The van der Waals surface area contributed by atoms with Gasteiger partial charge >= 0.3 is 6.09 Å². The quantitative estimate of drug-likeness (QED) is 0.402. The van der Waals surface area contributed by atoms with Crippen LogP contribution in [0.15, 0.2) is 11.8 Å².